The Morgan fingerprint density at radius 2 is 1.57 bits per heavy atom. The molecular formula is C39H50Cl2N6O8S. The van der Waals surface area contributed by atoms with Crippen LogP contribution in [-0.2, 0) is 30.9 Å². The molecule has 1 unspecified atom stereocenters. The Morgan fingerprint density at radius 1 is 0.911 bits per heavy atom. The molecule has 14 nitrogen and oxygen atoms in total. The van der Waals surface area contributed by atoms with Crippen molar-refractivity contribution in [2.75, 3.05) is 39.3 Å². The second-order valence-corrected chi connectivity index (χ2v) is 18.3. The Kier molecular flexibility index (Phi) is 13.1. The van der Waals surface area contributed by atoms with Crippen LogP contribution in [-0.4, -0.2) is 113 Å². The normalized spacial score (nSPS) is 17.2. The fourth-order valence-electron chi connectivity index (χ4n) is 6.47. The first-order valence-corrected chi connectivity index (χ1v) is 20.7. The predicted molar refractivity (Wildman–Crippen MR) is 215 cm³/mol. The molecule has 304 valence electrons. The number of nitrogens with zero attached hydrogens (tertiary/aromatic N) is 6. The number of para-hydroxylation sites is 1. The molecule has 2 aliphatic rings. The highest BCUT2D eigenvalue weighted by molar-refractivity contribution is 7.89. The number of pyridine rings is 1. The number of benzene rings is 2. The molecular weight excluding hydrogens is 783 g/mol. The van der Waals surface area contributed by atoms with E-state index in [-0.39, 0.29) is 78.2 Å². The van der Waals surface area contributed by atoms with E-state index in [9.17, 15) is 22.8 Å². The summed E-state index contributed by atoms with van der Waals surface area (Å²) < 4.78 is 46.9. The topological polar surface area (TPSA) is 151 Å². The molecule has 0 aliphatic carbocycles. The van der Waals surface area contributed by atoms with Gasteiger partial charge < -0.3 is 24.0 Å². The minimum atomic E-state index is -4.27. The highest BCUT2D eigenvalue weighted by Crippen LogP contribution is 2.37. The van der Waals surface area contributed by atoms with Gasteiger partial charge in [0.1, 0.15) is 40.0 Å². The average molecular weight is 834 g/mol. The van der Waals surface area contributed by atoms with E-state index in [4.69, 9.17) is 37.4 Å². The maximum absolute atomic E-state index is 14.3. The molecule has 2 saturated heterocycles. The third-order valence-electron chi connectivity index (χ3n) is 9.05. The molecule has 0 N–H and O–H groups in total. The maximum atomic E-state index is 14.3. The minimum absolute atomic E-state index is 0.0390. The van der Waals surface area contributed by atoms with Gasteiger partial charge in [-0.15, -0.1) is 4.99 Å². The van der Waals surface area contributed by atoms with Crippen LogP contribution < -0.4 is 4.74 Å². The quantitative estimate of drug-likeness (QED) is 0.176. The number of aliphatic imine (C=N–C) groups is 1. The molecule has 2 aliphatic heterocycles. The van der Waals surface area contributed by atoms with E-state index in [2.05, 4.69) is 9.98 Å². The SMILES string of the molecule is CCN(C(=O)OC(C)(C)C)/C(=N\C(=O)OC(C)(C)C)N1CCN(C(=O)C2CCCN2S(=O)(=O)c2ccc(Cl)c(COc3cccc4ccc(C)nc34)c2Cl)CC1. The molecule has 0 spiro atoms. The first kappa shape index (κ1) is 43.0. The molecule has 1 aromatic heterocycles. The van der Waals surface area contributed by atoms with Crippen molar-refractivity contribution in [2.24, 2.45) is 4.99 Å². The van der Waals surface area contributed by atoms with E-state index in [0.29, 0.717) is 24.1 Å². The standard InChI is InChI=1S/C39H50Cl2N6O8S/c1-9-46(37(50)55-39(6,7)8)35(43-36(49)54-38(3,4)5)45-22-20-44(21-23-45)34(48)29-13-11-19-47(29)56(51,52)31-18-17-28(40)27(32(31)41)24-53-30-14-10-12-26-16-15-25(2)42-33(26)30/h10,12,14-18,29H,9,11,13,19-24H2,1-8H3/b43-35-. The van der Waals surface area contributed by atoms with Gasteiger partial charge in [0.25, 0.3) is 0 Å². The van der Waals surface area contributed by atoms with Crippen molar-refractivity contribution < 1.29 is 37.0 Å². The highest BCUT2D eigenvalue weighted by atomic mass is 35.5. The molecule has 0 saturated carbocycles. The molecule has 2 aromatic carbocycles. The van der Waals surface area contributed by atoms with E-state index in [1.807, 2.05) is 31.2 Å². The summed E-state index contributed by atoms with van der Waals surface area (Å²) in [7, 11) is -4.27. The first-order chi connectivity index (χ1) is 26.2. The number of hydrogen-bond donors (Lipinski definition) is 0. The van der Waals surface area contributed by atoms with Crippen LogP contribution in [0, 0.1) is 6.92 Å². The largest absolute Gasteiger partial charge is 0.487 e. The summed E-state index contributed by atoms with van der Waals surface area (Å²) in [6, 6.07) is 11.2. The zero-order valence-corrected chi connectivity index (χ0v) is 35.4. The number of fused-ring (bicyclic) bond motifs is 1. The Labute approximate surface area is 338 Å². The lowest BCUT2D eigenvalue weighted by atomic mass is 10.2. The van der Waals surface area contributed by atoms with Gasteiger partial charge in [-0.25, -0.2) is 27.9 Å². The van der Waals surface area contributed by atoms with Crippen LogP contribution in [0.5, 0.6) is 5.75 Å². The van der Waals surface area contributed by atoms with Gasteiger partial charge in [0.2, 0.25) is 21.9 Å². The van der Waals surface area contributed by atoms with Gasteiger partial charge >= 0.3 is 12.2 Å². The Balaban J connectivity index is 1.33. The number of carbonyl (C=O) groups excluding carboxylic acids is 3. The summed E-state index contributed by atoms with van der Waals surface area (Å²) in [5.41, 5.74) is 0.120. The molecule has 5 rings (SSSR count). The van der Waals surface area contributed by atoms with Crippen LogP contribution in [0.4, 0.5) is 9.59 Å². The molecule has 2 fully saturated rings. The molecule has 17 heteroatoms. The molecule has 1 atom stereocenters. The van der Waals surface area contributed by atoms with Crippen molar-refractivity contribution in [1.29, 1.82) is 0 Å². The third-order valence-corrected chi connectivity index (χ3v) is 11.9. The number of halogens is 2. The monoisotopic (exact) mass is 832 g/mol. The summed E-state index contributed by atoms with van der Waals surface area (Å²) in [4.78, 5) is 53.4. The van der Waals surface area contributed by atoms with Crippen LogP contribution in [0.2, 0.25) is 10.0 Å². The van der Waals surface area contributed by atoms with Crippen LogP contribution in [0.3, 0.4) is 0 Å². The van der Waals surface area contributed by atoms with E-state index >= 15 is 0 Å². The number of rotatable bonds is 7. The van der Waals surface area contributed by atoms with Crippen LogP contribution in [0.15, 0.2) is 52.4 Å². The van der Waals surface area contributed by atoms with Crippen LogP contribution in [0.1, 0.15) is 72.6 Å². The van der Waals surface area contributed by atoms with Crippen molar-refractivity contribution in [3.8, 4) is 5.75 Å². The van der Waals surface area contributed by atoms with Gasteiger partial charge in [0.05, 0.1) is 5.02 Å². The van der Waals surface area contributed by atoms with Gasteiger partial charge in [-0.1, -0.05) is 41.4 Å². The molecule has 0 bridgehead atoms. The number of sulfonamides is 1. The lowest BCUT2D eigenvalue weighted by molar-refractivity contribution is -0.136. The van der Waals surface area contributed by atoms with Gasteiger partial charge in [-0.05, 0) is 92.5 Å². The van der Waals surface area contributed by atoms with E-state index in [0.717, 1.165) is 11.1 Å². The fraction of sp³-hybridized carbons (Fsp3) is 0.513. The molecule has 56 heavy (non-hydrogen) atoms. The van der Waals surface area contributed by atoms with E-state index in [1.165, 1.54) is 21.3 Å². The fourth-order valence-corrected chi connectivity index (χ4v) is 8.98. The average Bonchev–Trinajstić information content (AvgIpc) is 3.61. The number of aromatic nitrogens is 1. The number of ether oxygens (including phenoxy) is 3. The number of hydrogen-bond acceptors (Lipinski definition) is 9. The first-order valence-electron chi connectivity index (χ1n) is 18.5. The number of amides is 3. The Morgan fingerprint density at radius 3 is 2.21 bits per heavy atom. The molecule has 0 radical (unpaired) electrons. The van der Waals surface area contributed by atoms with Crippen molar-refractivity contribution in [3.63, 3.8) is 0 Å². The molecule has 3 heterocycles. The number of aryl methyl sites for hydroxylation is 1. The zero-order valence-electron chi connectivity index (χ0n) is 33.1. The van der Waals surface area contributed by atoms with Crippen molar-refractivity contribution in [1.82, 2.24) is 24.0 Å². The number of guanidine groups is 1. The third kappa shape index (κ3) is 10.0. The summed E-state index contributed by atoms with van der Waals surface area (Å²) in [5, 5.41) is 1.02. The van der Waals surface area contributed by atoms with Crippen molar-refractivity contribution in [3.05, 3.63) is 63.8 Å². The number of piperazine rings is 1. The van der Waals surface area contributed by atoms with Gasteiger partial charge in [-0.3, -0.25) is 4.79 Å². The Bertz CT molecular complexity index is 2110. The second kappa shape index (κ2) is 17.1. The lowest BCUT2D eigenvalue weighted by Gasteiger charge is -2.40. The minimum Gasteiger partial charge on any atom is -0.487 e. The van der Waals surface area contributed by atoms with E-state index in [1.54, 1.807) is 64.3 Å². The summed E-state index contributed by atoms with van der Waals surface area (Å²) in [5.74, 6) is 0.174. The van der Waals surface area contributed by atoms with Crippen LogP contribution in [0.25, 0.3) is 10.9 Å². The number of carbonyl (C=O) groups is 3. The Hall–Kier alpha value is -4.18. The summed E-state index contributed by atoms with van der Waals surface area (Å²) in [6.45, 7) is 14.8. The van der Waals surface area contributed by atoms with Crippen molar-refractivity contribution in [2.45, 2.75) is 97.0 Å². The smallest absolute Gasteiger partial charge is 0.437 e. The van der Waals surface area contributed by atoms with Gasteiger partial charge in [0, 0.05) is 60.9 Å². The van der Waals surface area contributed by atoms with Gasteiger partial charge in [0.15, 0.2) is 0 Å². The van der Waals surface area contributed by atoms with E-state index < -0.39 is 39.5 Å². The van der Waals surface area contributed by atoms with Crippen LogP contribution >= 0.6 is 23.2 Å². The zero-order chi connectivity index (χ0) is 41.2. The second-order valence-electron chi connectivity index (χ2n) is 15.6. The molecule has 3 aromatic rings. The van der Waals surface area contributed by atoms with Gasteiger partial charge in [-0.2, -0.15) is 4.31 Å². The summed E-state index contributed by atoms with van der Waals surface area (Å²) in [6.07, 6.45) is -0.779. The molecule has 3 amide bonds. The highest BCUT2D eigenvalue weighted by Gasteiger charge is 2.43. The van der Waals surface area contributed by atoms with Crippen molar-refractivity contribution >= 4 is 68.2 Å². The maximum Gasteiger partial charge on any atom is 0.437 e. The summed E-state index contributed by atoms with van der Waals surface area (Å²) >= 11 is 13.4. The lowest BCUT2D eigenvalue weighted by Crippen LogP contribution is -2.58. The predicted octanol–water partition coefficient (Wildman–Crippen LogP) is 7.27.